The third-order valence-electron chi connectivity index (χ3n) is 3.15. The number of halogens is 1. The highest BCUT2D eigenvalue weighted by atomic mass is 35.5. The van der Waals surface area contributed by atoms with Crippen LogP contribution in [0.4, 0.5) is 5.82 Å². The Hall–Kier alpha value is -2.05. The largest absolute Gasteiger partial charge is 0.360 e. The van der Waals surface area contributed by atoms with Crippen molar-refractivity contribution in [2.45, 2.75) is 18.7 Å². The third kappa shape index (κ3) is 3.83. The molecule has 7 heteroatoms. The average molecular weight is 348 g/mol. The van der Waals surface area contributed by atoms with Gasteiger partial charge in [-0.2, -0.15) is 0 Å². The zero-order valence-corrected chi connectivity index (χ0v) is 14.2. The standard InChI is InChI=1S/C16H14ClN3O2S/c1-9-3-4-12-11(5-9)13(7-14(17)18-12)23-8-16(21)19-15-6-10(2)22-20-15/h3-7H,8H2,1-2H3,(H,19,20,21). The Labute approximate surface area is 142 Å². The zero-order valence-electron chi connectivity index (χ0n) is 12.6. The van der Waals surface area contributed by atoms with Crippen LogP contribution in [0.3, 0.4) is 0 Å². The Balaban J connectivity index is 1.76. The highest BCUT2D eigenvalue weighted by molar-refractivity contribution is 8.00. The minimum atomic E-state index is -0.156. The molecule has 1 amide bonds. The number of benzene rings is 1. The maximum absolute atomic E-state index is 12.0. The molecule has 0 fully saturated rings. The van der Waals surface area contributed by atoms with Crippen LogP contribution >= 0.6 is 23.4 Å². The molecular formula is C16H14ClN3O2S. The highest BCUT2D eigenvalue weighted by Crippen LogP contribution is 2.30. The summed E-state index contributed by atoms with van der Waals surface area (Å²) < 4.78 is 4.92. The number of nitrogens with one attached hydrogen (secondary N) is 1. The van der Waals surface area contributed by atoms with E-state index in [4.69, 9.17) is 16.1 Å². The van der Waals surface area contributed by atoms with E-state index in [1.54, 1.807) is 19.1 Å². The maximum atomic E-state index is 12.0. The quantitative estimate of drug-likeness (QED) is 0.565. The number of aryl methyl sites for hydroxylation is 2. The monoisotopic (exact) mass is 347 g/mol. The number of fused-ring (bicyclic) bond motifs is 1. The number of thioether (sulfide) groups is 1. The van der Waals surface area contributed by atoms with Gasteiger partial charge in [0.25, 0.3) is 0 Å². The van der Waals surface area contributed by atoms with E-state index >= 15 is 0 Å². The van der Waals surface area contributed by atoms with Gasteiger partial charge >= 0.3 is 0 Å². The van der Waals surface area contributed by atoms with Crippen LogP contribution in [0.2, 0.25) is 5.15 Å². The molecule has 3 rings (SSSR count). The van der Waals surface area contributed by atoms with Crippen LogP contribution in [0.1, 0.15) is 11.3 Å². The summed E-state index contributed by atoms with van der Waals surface area (Å²) in [5.41, 5.74) is 1.95. The molecule has 0 saturated carbocycles. The van der Waals surface area contributed by atoms with Crippen LogP contribution in [-0.2, 0) is 4.79 Å². The number of carbonyl (C=O) groups is 1. The van der Waals surface area contributed by atoms with Gasteiger partial charge in [0.1, 0.15) is 10.9 Å². The Morgan fingerprint density at radius 1 is 1.30 bits per heavy atom. The minimum Gasteiger partial charge on any atom is -0.360 e. The summed E-state index contributed by atoms with van der Waals surface area (Å²) in [5, 5.41) is 7.84. The minimum absolute atomic E-state index is 0.156. The lowest BCUT2D eigenvalue weighted by atomic mass is 10.1. The highest BCUT2D eigenvalue weighted by Gasteiger charge is 2.10. The number of hydrogen-bond acceptors (Lipinski definition) is 5. The first-order valence-corrected chi connectivity index (χ1v) is 8.30. The van der Waals surface area contributed by atoms with Crippen molar-refractivity contribution in [3.05, 3.63) is 46.8 Å². The fraction of sp³-hybridized carbons (Fsp3) is 0.188. The molecule has 2 heterocycles. The van der Waals surface area contributed by atoms with E-state index in [0.29, 0.717) is 16.7 Å². The molecule has 118 valence electrons. The third-order valence-corrected chi connectivity index (χ3v) is 4.40. The molecule has 5 nitrogen and oxygen atoms in total. The molecule has 0 spiro atoms. The number of aromatic nitrogens is 2. The first-order chi connectivity index (χ1) is 11.0. The second-order valence-electron chi connectivity index (χ2n) is 5.12. The Morgan fingerprint density at radius 2 is 2.13 bits per heavy atom. The fourth-order valence-electron chi connectivity index (χ4n) is 2.14. The van der Waals surface area contributed by atoms with Gasteiger partial charge in [-0.05, 0) is 32.0 Å². The van der Waals surface area contributed by atoms with Crippen molar-refractivity contribution < 1.29 is 9.32 Å². The topological polar surface area (TPSA) is 68.0 Å². The van der Waals surface area contributed by atoms with Gasteiger partial charge in [0.15, 0.2) is 5.82 Å². The van der Waals surface area contributed by atoms with Gasteiger partial charge in [0, 0.05) is 16.3 Å². The lowest BCUT2D eigenvalue weighted by molar-refractivity contribution is -0.113. The molecule has 2 aromatic heterocycles. The predicted molar refractivity (Wildman–Crippen MR) is 92.1 cm³/mol. The molecule has 1 N–H and O–H groups in total. The van der Waals surface area contributed by atoms with Crippen LogP contribution in [-0.4, -0.2) is 21.8 Å². The van der Waals surface area contributed by atoms with Gasteiger partial charge in [0.2, 0.25) is 5.91 Å². The van der Waals surface area contributed by atoms with Crippen LogP contribution < -0.4 is 5.32 Å². The number of nitrogens with zero attached hydrogens (tertiary/aromatic N) is 2. The first-order valence-electron chi connectivity index (χ1n) is 6.94. The van der Waals surface area contributed by atoms with Crippen LogP contribution in [0.5, 0.6) is 0 Å². The van der Waals surface area contributed by atoms with Crippen molar-refractivity contribution >= 4 is 46.0 Å². The summed E-state index contributed by atoms with van der Waals surface area (Å²) in [6.07, 6.45) is 0. The number of pyridine rings is 1. The van der Waals surface area contributed by atoms with Gasteiger partial charge < -0.3 is 9.84 Å². The molecule has 0 aliphatic heterocycles. The van der Waals surface area contributed by atoms with E-state index in [2.05, 4.69) is 15.5 Å². The van der Waals surface area contributed by atoms with Crippen molar-refractivity contribution in [3.8, 4) is 0 Å². The van der Waals surface area contributed by atoms with E-state index in [0.717, 1.165) is 21.4 Å². The van der Waals surface area contributed by atoms with Crippen molar-refractivity contribution in [1.29, 1.82) is 0 Å². The average Bonchev–Trinajstić information content (AvgIpc) is 2.90. The maximum Gasteiger partial charge on any atom is 0.235 e. The van der Waals surface area contributed by atoms with Crippen LogP contribution in [0.15, 0.2) is 39.8 Å². The fourth-order valence-corrected chi connectivity index (χ4v) is 3.28. The molecule has 3 aromatic rings. The number of rotatable bonds is 4. The molecule has 0 aliphatic rings. The van der Waals surface area contributed by atoms with Gasteiger partial charge in [-0.3, -0.25) is 4.79 Å². The summed E-state index contributed by atoms with van der Waals surface area (Å²) >= 11 is 7.48. The Kier molecular flexibility index (Phi) is 4.54. The number of carbonyl (C=O) groups excluding carboxylic acids is 1. The summed E-state index contributed by atoms with van der Waals surface area (Å²) in [6, 6.07) is 9.41. The van der Waals surface area contributed by atoms with Gasteiger partial charge in [0.05, 0.1) is 11.3 Å². The zero-order chi connectivity index (χ0) is 16.4. The van der Waals surface area contributed by atoms with Crippen molar-refractivity contribution in [1.82, 2.24) is 10.1 Å². The van der Waals surface area contributed by atoms with Crippen molar-refractivity contribution in [3.63, 3.8) is 0 Å². The molecular weight excluding hydrogens is 334 g/mol. The SMILES string of the molecule is Cc1ccc2nc(Cl)cc(SCC(=O)Nc3cc(C)on3)c2c1. The predicted octanol–water partition coefficient (Wildman–Crippen LogP) is 4.22. The normalized spacial score (nSPS) is 10.9. The van der Waals surface area contributed by atoms with Gasteiger partial charge in [-0.25, -0.2) is 4.98 Å². The van der Waals surface area contributed by atoms with E-state index in [-0.39, 0.29) is 11.7 Å². The second-order valence-corrected chi connectivity index (χ2v) is 6.53. The van der Waals surface area contributed by atoms with Crippen molar-refractivity contribution in [2.75, 3.05) is 11.1 Å². The van der Waals surface area contributed by atoms with Gasteiger partial charge in [-0.1, -0.05) is 28.4 Å². The summed E-state index contributed by atoms with van der Waals surface area (Å²) in [6.45, 7) is 3.78. The number of anilines is 1. The van der Waals surface area contributed by atoms with Crippen LogP contribution in [0, 0.1) is 13.8 Å². The van der Waals surface area contributed by atoms with Crippen molar-refractivity contribution in [2.24, 2.45) is 0 Å². The second kappa shape index (κ2) is 6.60. The first kappa shape index (κ1) is 15.8. The molecule has 0 unspecified atom stereocenters. The lowest BCUT2D eigenvalue weighted by Crippen LogP contribution is -2.14. The Bertz CT molecular complexity index is 879. The summed E-state index contributed by atoms with van der Waals surface area (Å²) in [7, 11) is 0. The lowest BCUT2D eigenvalue weighted by Gasteiger charge is -2.07. The van der Waals surface area contributed by atoms with E-state index in [1.165, 1.54) is 11.8 Å². The summed E-state index contributed by atoms with van der Waals surface area (Å²) in [4.78, 5) is 17.3. The van der Waals surface area contributed by atoms with Crippen LogP contribution in [0.25, 0.3) is 10.9 Å². The summed E-state index contributed by atoms with van der Waals surface area (Å²) in [5.74, 6) is 1.16. The Morgan fingerprint density at radius 3 is 2.87 bits per heavy atom. The van der Waals surface area contributed by atoms with E-state index < -0.39 is 0 Å². The molecule has 23 heavy (non-hydrogen) atoms. The molecule has 0 aliphatic carbocycles. The molecule has 0 radical (unpaired) electrons. The molecule has 0 saturated heterocycles. The van der Waals surface area contributed by atoms with Gasteiger partial charge in [-0.15, -0.1) is 11.8 Å². The smallest absolute Gasteiger partial charge is 0.235 e. The number of amides is 1. The molecule has 0 atom stereocenters. The van der Waals surface area contributed by atoms with E-state index in [9.17, 15) is 4.79 Å². The van der Waals surface area contributed by atoms with E-state index in [1.807, 2.05) is 25.1 Å². The molecule has 1 aromatic carbocycles. The number of hydrogen-bond donors (Lipinski definition) is 1. The molecule has 0 bridgehead atoms.